The van der Waals surface area contributed by atoms with Gasteiger partial charge >= 0.3 is 11.9 Å². The van der Waals surface area contributed by atoms with Crippen LogP contribution in [0.4, 0.5) is 20.2 Å². The second kappa shape index (κ2) is 36.1. The molecule has 4 aromatic heterocycles. The number of allylic oxidation sites excluding steroid dienone is 2. The average Bonchev–Trinajstić information content (AvgIpc) is 1.57. The van der Waals surface area contributed by atoms with Gasteiger partial charge in [0.05, 0.1) is 48.2 Å². The van der Waals surface area contributed by atoms with Gasteiger partial charge in [0.25, 0.3) is 12.0 Å². The molecule has 4 aliphatic carbocycles. The van der Waals surface area contributed by atoms with Gasteiger partial charge in [0.1, 0.15) is 68.1 Å². The Morgan fingerprint density at radius 1 is 0.598 bits per heavy atom. The minimum atomic E-state index is -1.43. The summed E-state index contributed by atoms with van der Waals surface area (Å²) < 4.78 is 59.7. The summed E-state index contributed by atoms with van der Waals surface area (Å²) in [5, 5.41) is 19.3. The van der Waals surface area contributed by atoms with Crippen molar-refractivity contribution in [2.45, 2.75) is 275 Å². The lowest BCUT2D eigenvalue weighted by molar-refractivity contribution is -0.150. The van der Waals surface area contributed by atoms with Crippen LogP contribution >= 0.6 is 22.7 Å². The second-order valence-electron chi connectivity index (χ2n) is 34.2. The SMILES string of the molecule is CCOC(=O)C12CC1C=C(c1ccc3c(nc(OC4CC5C(=O)NC6(C(=O)OCC)CC6C=CCCCCCC(Nc6cccc(F)c6)C(=O)N5C4)n3C(C)C)c1-c1nc(C3CCCC3)cs1)CCCCCC(Nc1ccc(F)cc1)C(=O)C(CC)CC(Oc1nc3c(-c4nc(C5CCCC5)cs4)cccc3n1C(C)C)CC(C)C(=O)N2. The van der Waals surface area contributed by atoms with Crippen molar-refractivity contribution in [1.29, 1.82) is 0 Å². The zero-order chi connectivity index (χ0) is 81.8. The number of ether oxygens (including phenoxy) is 4. The van der Waals surface area contributed by atoms with Crippen molar-refractivity contribution < 1.29 is 56.5 Å². The molecule has 117 heavy (non-hydrogen) atoms. The Morgan fingerprint density at radius 3 is 1.87 bits per heavy atom. The van der Waals surface area contributed by atoms with E-state index in [-0.39, 0.29) is 93.0 Å². The fourth-order valence-electron chi connectivity index (χ4n) is 18.9. The smallest absolute Gasteiger partial charge is 0.332 e. The summed E-state index contributed by atoms with van der Waals surface area (Å²) in [5.74, 6) is -4.57. The van der Waals surface area contributed by atoms with Crippen molar-refractivity contribution in [3.05, 3.63) is 136 Å². The lowest BCUT2D eigenvalue weighted by atomic mass is 9.85. The number of thiazole rings is 2. The normalized spacial score (nSPS) is 26.2. The molecule has 0 bridgehead atoms. The highest BCUT2D eigenvalue weighted by Crippen LogP contribution is 2.52. The van der Waals surface area contributed by atoms with Crippen molar-refractivity contribution in [2.75, 3.05) is 30.4 Å². The van der Waals surface area contributed by atoms with Crippen molar-refractivity contribution in [1.82, 2.24) is 44.6 Å². The average molecular weight is 1640 g/mol. The summed E-state index contributed by atoms with van der Waals surface area (Å²) in [5.41, 5.74) is 6.83. The zero-order valence-electron chi connectivity index (χ0n) is 68.8. The van der Waals surface area contributed by atoms with E-state index in [0.717, 1.165) is 118 Å². The van der Waals surface area contributed by atoms with Gasteiger partial charge in [0, 0.05) is 87.3 Å². The zero-order valence-corrected chi connectivity index (χ0v) is 70.4. The molecule has 11 unspecified atom stereocenters. The van der Waals surface area contributed by atoms with Crippen LogP contribution in [0.2, 0.25) is 0 Å². The number of hydrogen-bond donors (Lipinski definition) is 4. The van der Waals surface area contributed by atoms with Crippen LogP contribution < -0.4 is 30.7 Å². The van der Waals surface area contributed by atoms with Crippen LogP contribution in [0.3, 0.4) is 0 Å². The number of ketones is 1. The van der Waals surface area contributed by atoms with Gasteiger partial charge in [0.15, 0.2) is 5.78 Å². The number of nitrogens with one attached hydrogen (secondary N) is 4. The Labute approximate surface area is 692 Å². The number of fused-ring (bicyclic) bond motifs is 5. The minimum absolute atomic E-state index is 0.0143. The molecule has 4 saturated carbocycles. The number of rotatable bonds is 20. The molecule has 15 rings (SSSR count). The molecule has 1 saturated heterocycles. The molecule has 7 aliphatic rings. The number of nitrogens with zero attached hydrogens (tertiary/aromatic N) is 7. The predicted molar refractivity (Wildman–Crippen MR) is 453 cm³/mol. The lowest BCUT2D eigenvalue weighted by Crippen LogP contribution is -2.55. The van der Waals surface area contributed by atoms with E-state index in [1.54, 1.807) is 65.7 Å². The van der Waals surface area contributed by atoms with Crippen LogP contribution in [0.15, 0.2) is 108 Å². The quantitative estimate of drug-likeness (QED) is 0.0409. The molecule has 21 nitrogen and oxygen atoms in total. The van der Waals surface area contributed by atoms with Crippen molar-refractivity contribution in [3.63, 3.8) is 0 Å². The lowest BCUT2D eigenvalue weighted by Gasteiger charge is -2.30. The fourth-order valence-corrected chi connectivity index (χ4v) is 20.8. The monoisotopic (exact) mass is 1630 g/mol. The van der Waals surface area contributed by atoms with E-state index in [9.17, 15) is 18.4 Å². The molecule has 11 atom stereocenters. The number of esters is 2. The van der Waals surface area contributed by atoms with E-state index in [0.29, 0.717) is 86.6 Å². The molecule has 4 N–H and O–H groups in total. The van der Waals surface area contributed by atoms with Crippen LogP contribution in [0.1, 0.15) is 250 Å². The van der Waals surface area contributed by atoms with Gasteiger partial charge < -0.3 is 45.1 Å². The molecule has 3 amide bonds. The summed E-state index contributed by atoms with van der Waals surface area (Å²) >= 11 is 3.19. The first-order valence-electron chi connectivity index (χ1n) is 43.2. The highest BCUT2D eigenvalue weighted by atomic mass is 32.1. The van der Waals surface area contributed by atoms with Crippen LogP contribution in [-0.2, 0) is 38.2 Å². The van der Waals surface area contributed by atoms with Crippen LogP contribution in [-0.4, -0.2) is 131 Å². The topological polar surface area (TPSA) is 252 Å². The number of carbonyl (C=O) groups is 6. The molecule has 4 aromatic carbocycles. The van der Waals surface area contributed by atoms with E-state index in [1.807, 2.05) is 36.6 Å². The van der Waals surface area contributed by atoms with E-state index in [2.05, 4.69) is 94.6 Å². The van der Waals surface area contributed by atoms with Crippen LogP contribution in [0.25, 0.3) is 48.8 Å². The number of hydrogen-bond acceptors (Lipinski definition) is 18. The molecule has 0 spiro atoms. The molecule has 5 fully saturated rings. The van der Waals surface area contributed by atoms with Crippen LogP contribution in [0.5, 0.6) is 12.0 Å². The maximum Gasteiger partial charge on any atom is 0.332 e. The van der Waals surface area contributed by atoms with E-state index in [4.69, 9.17) is 38.9 Å². The molecular formula is C92H113F2N11O10S2. The maximum absolute atomic E-state index is 15.7. The first-order chi connectivity index (χ1) is 56.6. The van der Waals surface area contributed by atoms with Crippen molar-refractivity contribution >= 4 is 97.1 Å². The number of amides is 3. The first-order valence-corrected chi connectivity index (χ1v) is 45.0. The van der Waals surface area contributed by atoms with Gasteiger partial charge in [0.2, 0.25) is 17.7 Å². The largest absolute Gasteiger partial charge is 0.464 e. The third-order valence-corrected chi connectivity index (χ3v) is 27.2. The predicted octanol–water partition coefficient (Wildman–Crippen LogP) is 18.9. The molecule has 622 valence electrons. The number of Topliss-reactive ketones (excluding diaryl/α,β-unsaturated/α-hetero) is 1. The minimum Gasteiger partial charge on any atom is -0.464 e. The summed E-state index contributed by atoms with van der Waals surface area (Å²) in [6, 6.07) is 20.1. The summed E-state index contributed by atoms with van der Waals surface area (Å²) in [6.45, 7) is 15.8. The van der Waals surface area contributed by atoms with Gasteiger partial charge in [-0.1, -0.05) is 102 Å². The van der Waals surface area contributed by atoms with Crippen molar-refractivity contribution in [2.24, 2.45) is 23.7 Å². The number of imidazole rings is 2. The fraction of sp³-hybridized carbons (Fsp3) is 0.543. The Hall–Kier alpha value is -9.36. The summed E-state index contributed by atoms with van der Waals surface area (Å²) in [6.07, 6.45) is 21.6. The second-order valence-corrected chi connectivity index (χ2v) is 35.9. The first kappa shape index (κ1) is 82.7. The molecule has 0 radical (unpaired) electrons. The molecule has 3 aliphatic heterocycles. The number of anilines is 2. The number of halogens is 2. The van der Waals surface area contributed by atoms with Crippen LogP contribution in [0, 0.1) is 35.3 Å². The molecule has 7 heterocycles. The third kappa shape index (κ3) is 17.9. The third-order valence-electron chi connectivity index (χ3n) is 25.4. The molecule has 25 heteroatoms. The van der Waals surface area contributed by atoms with E-state index < -0.39 is 88.6 Å². The van der Waals surface area contributed by atoms with Gasteiger partial charge in [-0.05, 0) is 210 Å². The number of para-hydroxylation sites is 1. The Morgan fingerprint density at radius 2 is 1.20 bits per heavy atom. The number of aromatic nitrogens is 6. The molecular weight excluding hydrogens is 1520 g/mol. The number of carbonyl (C=O) groups excluding carboxylic acids is 6. The van der Waals surface area contributed by atoms with Gasteiger partial charge in [-0.15, -0.1) is 22.7 Å². The van der Waals surface area contributed by atoms with Gasteiger partial charge in [-0.25, -0.2) is 28.3 Å². The van der Waals surface area contributed by atoms with Crippen molar-refractivity contribution in [3.8, 4) is 33.2 Å². The Bertz CT molecular complexity index is 5000. The highest BCUT2D eigenvalue weighted by molar-refractivity contribution is 7.13. The summed E-state index contributed by atoms with van der Waals surface area (Å²) in [4.78, 5) is 114. The van der Waals surface area contributed by atoms with E-state index >= 15 is 19.2 Å². The summed E-state index contributed by atoms with van der Waals surface area (Å²) in [7, 11) is 0. The Kier molecular flexibility index (Phi) is 25.5. The maximum atomic E-state index is 15.7. The van der Waals surface area contributed by atoms with Gasteiger partial charge in [-0.3, -0.25) is 28.3 Å². The standard InChI is InChI=1S/C92H113F2N11O10S2/c1-9-57-46-67(114-89-99-79-70(34-25-37-75(79)104(89)54(4)5)84-97-73(52-116-84)58-26-20-21-27-58)44-56(8)82(107)101-92(88(111)113-11-3)50-62(92)45-60(30-16-15-19-35-71(81(57)106)95-65-40-38-63(93)39-41-65)69-42-43-76-80(78(69)85-98-74(53-117-85)59-28-22-23-29-59)100-90(105(76)55(6)7)115-68-48-77-83(108)102-91(87(110)112-10-2)49-61(91)31-17-13-12-14-18-36-72(86(109)103(77)51-68)96-66-33-24-32-64(94)47-66/h17,24-25,31-34,37-43,45,47,52-59,61-62,67-68,71-72,77,95-96H,9-16,18-23,26-30,35-36,44,46,48-51H2,1-8H3,(H,101,107)(H,102,108). The molecule has 8 aromatic rings. The highest BCUT2D eigenvalue weighted by Gasteiger charge is 2.63. The Balaban J connectivity index is 0.798. The van der Waals surface area contributed by atoms with Gasteiger partial charge in [-0.2, -0.15) is 9.97 Å². The van der Waals surface area contributed by atoms with E-state index in [1.165, 1.54) is 37.1 Å². The number of benzene rings is 4.